The SMILES string of the molecule is CC(C)Cc1ccc(Nc2nnns2)cc1. The molecule has 1 aromatic heterocycles. The first-order valence-corrected chi connectivity index (χ1v) is 6.02. The minimum Gasteiger partial charge on any atom is -0.329 e. The maximum atomic E-state index is 3.83. The average Bonchev–Trinajstić information content (AvgIpc) is 2.73. The highest BCUT2D eigenvalue weighted by atomic mass is 32.1. The van der Waals surface area contributed by atoms with Crippen LogP contribution in [0.1, 0.15) is 19.4 Å². The van der Waals surface area contributed by atoms with Gasteiger partial charge in [0.1, 0.15) is 0 Å². The summed E-state index contributed by atoms with van der Waals surface area (Å²) in [7, 11) is 0. The number of hydrogen-bond acceptors (Lipinski definition) is 5. The van der Waals surface area contributed by atoms with Crippen LogP contribution >= 0.6 is 11.5 Å². The molecule has 0 spiro atoms. The van der Waals surface area contributed by atoms with Crippen LogP contribution in [0.4, 0.5) is 10.8 Å². The molecule has 0 aliphatic heterocycles. The van der Waals surface area contributed by atoms with Gasteiger partial charge in [0.05, 0.1) is 0 Å². The lowest BCUT2D eigenvalue weighted by atomic mass is 10.0. The topological polar surface area (TPSA) is 50.7 Å². The van der Waals surface area contributed by atoms with E-state index in [1.807, 2.05) is 0 Å². The molecule has 0 saturated carbocycles. The molecule has 0 bridgehead atoms. The van der Waals surface area contributed by atoms with Crippen LogP contribution in [-0.4, -0.2) is 14.8 Å². The standard InChI is InChI=1S/C11H14N4S/c1-8(2)7-9-3-5-10(6-4-9)12-11-13-14-15-16-11/h3-6,8H,7H2,1-2H3,(H,12,13,15). The molecular formula is C11H14N4S. The molecule has 0 aliphatic carbocycles. The molecule has 0 radical (unpaired) electrons. The zero-order chi connectivity index (χ0) is 11.4. The van der Waals surface area contributed by atoms with Crippen molar-refractivity contribution in [1.82, 2.24) is 14.8 Å². The molecule has 0 aliphatic rings. The minimum absolute atomic E-state index is 0.686. The van der Waals surface area contributed by atoms with Crippen LogP contribution in [0.5, 0.6) is 0 Å². The van der Waals surface area contributed by atoms with Crippen LogP contribution in [0, 0.1) is 5.92 Å². The zero-order valence-electron chi connectivity index (χ0n) is 9.34. The van der Waals surface area contributed by atoms with Crippen molar-refractivity contribution >= 4 is 22.4 Å². The summed E-state index contributed by atoms with van der Waals surface area (Å²) < 4.78 is 3.69. The quantitative estimate of drug-likeness (QED) is 0.883. The van der Waals surface area contributed by atoms with E-state index in [9.17, 15) is 0 Å². The van der Waals surface area contributed by atoms with Crippen LogP contribution in [0.3, 0.4) is 0 Å². The van der Waals surface area contributed by atoms with Gasteiger partial charge in [-0.1, -0.05) is 35.6 Å². The van der Waals surface area contributed by atoms with Crippen LogP contribution < -0.4 is 5.32 Å². The van der Waals surface area contributed by atoms with Crippen LogP contribution in [0.15, 0.2) is 24.3 Å². The van der Waals surface area contributed by atoms with Gasteiger partial charge in [0.2, 0.25) is 5.13 Å². The number of nitrogens with zero attached hydrogens (tertiary/aromatic N) is 3. The van der Waals surface area contributed by atoms with Gasteiger partial charge in [0, 0.05) is 17.2 Å². The Morgan fingerprint density at radius 3 is 2.56 bits per heavy atom. The van der Waals surface area contributed by atoms with Crippen molar-refractivity contribution in [1.29, 1.82) is 0 Å². The second-order valence-electron chi connectivity index (χ2n) is 4.09. The Hall–Kier alpha value is -1.49. The third-order valence-electron chi connectivity index (χ3n) is 2.15. The highest BCUT2D eigenvalue weighted by Gasteiger charge is 2.00. The molecule has 2 rings (SSSR count). The number of hydrogen-bond donors (Lipinski definition) is 1. The Bertz CT molecular complexity index is 422. The number of aromatic nitrogens is 3. The van der Waals surface area contributed by atoms with E-state index < -0.39 is 0 Å². The molecule has 1 heterocycles. The molecule has 1 N–H and O–H groups in total. The van der Waals surface area contributed by atoms with Gasteiger partial charge in [0.25, 0.3) is 0 Å². The molecule has 4 nitrogen and oxygen atoms in total. The van der Waals surface area contributed by atoms with Crippen LogP contribution in [-0.2, 0) is 6.42 Å². The first-order valence-electron chi connectivity index (χ1n) is 5.25. The maximum Gasteiger partial charge on any atom is 0.229 e. The predicted molar refractivity (Wildman–Crippen MR) is 66.0 cm³/mol. The third kappa shape index (κ3) is 3.00. The van der Waals surface area contributed by atoms with Crippen LogP contribution in [0.2, 0.25) is 0 Å². The second-order valence-corrected chi connectivity index (χ2v) is 4.82. The van der Waals surface area contributed by atoms with E-state index in [2.05, 4.69) is 58.2 Å². The highest BCUT2D eigenvalue weighted by Crippen LogP contribution is 2.17. The fourth-order valence-electron chi connectivity index (χ4n) is 1.50. The van der Waals surface area contributed by atoms with Gasteiger partial charge in [-0.3, -0.25) is 0 Å². The minimum atomic E-state index is 0.686. The van der Waals surface area contributed by atoms with Crippen molar-refractivity contribution in [2.45, 2.75) is 20.3 Å². The van der Waals surface area contributed by atoms with Gasteiger partial charge in [0.15, 0.2) is 0 Å². The molecule has 0 saturated heterocycles. The lowest BCUT2D eigenvalue weighted by Crippen LogP contribution is -1.94. The van der Waals surface area contributed by atoms with Crippen molar-refractivity contribution in [3.63, 3.8) is 0 Å². The third-order valence-corrected chi connectivity index (χ3v) is 2.66. The van der Waals surface area contributed by atoms with E-state index in [1.54, 1.807) is 0 Å². The largest absolute Gasteiger partial charge is 0.329 e. The summed E-state index contributed by atoms with van der Waals surface area (Å²) in [5.41, 5.74) is 2.38. The first kappa shape index (κ1) is 11.0. The molecule has 84 valence electrons. The van der Waals surface area contributed by atoms with Crippen LogP contribution in [0.25, 0.3) is 0 Å². The van der Waals surface area contributed by atoms with Gasteiger partial charge in [-0.25, -0.2) is 0 Å². The van der Waals surface area contributed by atoms with E-state index in [0.29, 0.717) is 5.92 Å². The van der Waals surface area contributed by atoms with E-state index in [0.717, 1.165) is 17.2 Å². The van der Waals surface area contributed by atoms with Gasteiger partial charge in [-0.05, 0) is 35.2 Å². The summed E-state index contributed by atoms with van der Waals surface area (Å²) in [6.07, 6.45) is 1.11. The Balaban J connectivity index is 2.02. The molecule has 16 heavy (non-hydrogen) atoms. The molecular weight excluding hydrogens is 220 g/mol. The van der Waals surface area contributed by atoms with Gasteiger partial charge >= 0.3 is 0 Å². The van der Waals surface area contributed by atoms with Gasteiger partial charge in [-0.15, -0.1) is 0 Å². The summed E-state index contributed by atoms with van der Waals surface area (Å²) >= 11 is 1.25. The molecule has 0 amide bonds. The Kier molecular flexibility index (Phi) is 3.46. The van der Waals surface area contributed by atoms with Crippen molar-refractivity contribution < 1.29 is 0 Å². The second kappa shape index (κ2) is 5.03. The number of rotatable bonds is 4. The Morgan fingerprint density at radius 2 is 2.00 bits per heavy atom. The van der Waals surface area contributed by atoms with E-state index in [-0.39, 0.29) is 0 Å². The number of benzene rings is 1. The highest BCUT2D eigenvalue weighted by molar-refractivity contribution is 7.09. The summed E-state index contributed by atoms with van der Waals surface area (Å²) in [4.78, 5) is 0. The lowest BCUT2D eigenvalue weighted by molar-refractivity contribution is 0.647. The van der Waals surface area contributed by atoms with E-state index in [4.69, 9.17) is 0 Å². The van der Waals surface area contributed by atoms with E-state index >= 15 is 0 Å². The average molecular weight is 234 g/mol. The molecule has 0 unspecified atom stereocenters. The smallest absolute Gasteiger partial charge is 0.229 e. The maximum absolute atomic E-state index is 3.83. The van der Waals surface area contributed by atoms with Gasteiger partial charge in [-0.2, -0.15) is 0 Å². The number of anilines is 2. The normalized spacial score (nSPS) is 10.7. The van der Waals surface area contributed by atoms with Gasteiger partial charge < -0.3 is 5.32 Å². The lowest BCUT2D eigenvalue weighted by Gasteiger charge is -2.06. The van der Waals surface area contributed by atoms with Crippen molar-refractivity contribution in [2.75, 3.05) is 5.32 Å². The van der Waals surface area contributed by atoms with Crippen molar-refractivity contribution in [3.05, 3.63) is 29.8 Å². The zero-order valence-corrected chi connectivity index (χ0v) is 10.2. The van der Waals surface area contributed by atoms with Crippen molar-refractivity contribution in [3.8, 4) is 0 Å². The first-order chi connectivity index (χ1) is 7.74. The molecule has 0 atom stereocenters. The molecule has 5 heteroatoms. The fourth-order valence-corrected chi connectivity index (χ4v) is 1.89. The molecule has 1 aromatic carbocycles. The summed E-state index contributed by atoms with van der Waals surface area (Å²) in [5, 5.41) is 11.2. The summed E-state index contributed by atoms with van der Waals surface area (Å²) in [6, 6.07) is 8.38. The number of nitrogens with one attached hydrogen (secondary N) is 1. The summed E-state index contributed by atoms with van der Waals surface area (Å²) in [5.74, 6) is 0.686. The van der Waals surface area contributed by atoms with E-state index in [1.165, 1.54) is 17.1 Å². The van der Waals surface area contributed by atoms with Crippen molar-refractivity contribution in [2.24, 2.45) is 5.92 Å². The Labute approximate surface area is 98.9 Å². The predicted octanol–water partition coefficient (Wildman–Crippen LogP) is 2.88. The summed E-state index contributed by atoms with van der Waals surface area (Å²) in [6.45, 7) is 4.44. The molecule has 2 aromatic rings. The molecule has 0 fully saturated rings. The Morgan fingerprint density at radius 1 is 1.25 bits per heavy atom. The fraction of sp³-hybridized carbons (Fsp3) is 0.364. The monoisotopic (exact) mass is 234 g/mol.